The Kier molecular flexibility index (Phi) is 5.76. The molecule has 2 aliphatic rings. The summed E-state index contributed by atoms with van der Waals surface area (Å²) in [5.41, 5.74) is 8.34. The zero-order valence-corrected chi connectivity index (χ0v) is 22.5. The van der Waals surface area contributed by atoms with E-state index in [0.29, 0.717) is 11.5 Å². The number of rotatable bonds is 5. The molecule has 2 aromatic heterocycles. The minimum atomic E-state index is 0.232. The fourth-order valence-electron chi connectivity index (χ4n) is 5.94. The smallest absolute Gasteiger partial charge is 0.124 e. The predicted molar refractivity (Wildman–Crippen MR) is 158 cm³/mol. The second kappa shape index (κ2) is 9.33. The maximum atomic E-state index is 4.70. The van der Waals surface area contributed by atoms with Crippen LogP contribution in [0.25, 0.3) is 44.4 Å². The number of hydrogen-bond acceptors (Lipinski definition) is 4. The van der Waals surface area contributed by atoms with Crippen LogP contribution < -0.4 is 10.6 Å². The Morgan fingerprint density at radius 2 is 1.31 bits per heavy atom. The van der Waals surface area contributed by atoms with E-state index in [0.717, 1.165) is 60.1 Å². The second-order valence-electron chi connectivity index (χ2n) is 11.9. The van der Waals surface area contributed by atoms with Crippen LogP contribution in [-0.2, 0) is 0 Å². The summed E-state index contributed by atoms with van der Waals surface area (Å²) in [6.07, 6.45) is 5.92. The first-order valence-corrected chi connectivity index (χ1v) is 13.8. The van der Waals surface area contributed by atoms with Crippen LogP contribution in [0.4, 0.5) is 0 Å². The third-order valence-electron chi connectivity index (χ3n) is 8.21. The fraction of sp³-hybridized carbons (Fsp3) is 0.273. The maximum Gasteiger partial charge on any atom is 0.124 e. The van der Waals surface area contributed by atoms with Crippen molar-refractivity contribution in [2.24, 2.45) is 5.41 Å². The number of fused-ring (bicyclic) bond motifs is 1. The van der Waals surface area contributed by atoms with Gasteiger partial charge in [-0.1, -0.05) is 74.5 Å². The van der Waals surface area contributed by atoms with E-state index in [1.165, 1.54) is 27.5 Å². The van der Waals surface area contributed by atoms with E-state index >= 15 is 0 Å². The van der Waals surface area contributed by atoms with Gasteiger partial charge >= 0.3 is 0 Å². The zero-order valence-electron chi connectivity index (χ0n) is 22.5. The summed E-state index contributed by atoms with van der Waals surface area (Å²) < 4.78 is 0. The molecule has 4 heterocycles. The van der Waals surface area contributed by atoms with Crippen LogP contribution in [-0.4, -0.2) is 33.0 Å². The van der Waals surface area contributed by atoms with E-state index in [9.17, 15) is 0 Å². The number of benzene rings is 3. The minimum absolute atomic E-state index is 0.232. The first-order chi connectivity index (χ1) is 18.9. The Morgan fingerprint density at radius 3 is 1.95 bits per heavy atom. The molecular formula is C33H34N6. The highest BCUT2D eigenvalue weighted by Crippen LogP contribution is 2.36. The Hall–Kier alpha value is -4.00. The van der Waals surface area contributed by atoms with Gasteiger partial charge in [0.2, 0.25) is 0 Å². The highest BCUT2D eigenvalue weighted by Gasteiger charge is 2.32. The maximum absolute atomic E-state index is 4.70. The van der Waals surface area contributed by atoms with Gasteiger partial charge in [0.25, 0.3) is 0 Å². The van der Waals surface area contributed by atoms with Gasteiger partial charge in [-0.3, -0.25) is 0 Å². The lowest BCUT2D eigenvalue weighted by Gasteiger charge is -2.14. The van der Waals surface area contributed by atoms with Gasteiger partial charge in [0.15, 0.2) is 0 Å². The molecule has 6 heteroatoms. The molecule has 5 aromatic rings. The van der Waals surface area contributed by atoms with Crippen molar-refractivity contribution < 1.29 is 0 Å². The summed E-state index contributed by atoms with van der Waals surface area (Å²) in [5, 5.41) is 9.51. The van der Waals surface area contributed by atoms with Gasteiger partial charge < -0.3 is 20.6 Å². The topological polar surface area (TPSA) is 81.4 Å². The number of hydrogen-bond donors (Lipinski definition) is 4. The number of H-pyrrole nitrogens is 2. The highest BCUT2D eigenvalue weighted by molar-refractivity contribution is 5.90. The molecule has 0 spiro atoms. The molecule has 2 fully saturated rings. The molecule has 0 amide bonds. The Morgan fingerprint density at radius 1 is 0.718 bits per heavy atom. The van der Waals surface area contributed by atoms with Crippen molar-refractivity contribution in [2.45, 2.75) is 38.8 Å². The third-order valence-corrected chi connectivity index (χ3v) is 8.21. The van der Waals surface area contributed by atoms with Crippen LogP contribution in [0.3, 0.4) is 0 Å². The molecule has 3 aromatic carbocycles. The number of imidazole rings is 2. The average Bonchev–Trinajstić information content (AvgIpc) is 3.75. The third kappa shape index (κ3) is 4.71. The normalized spacial score (nSPS) is 20.7. The molecule has 2 saturated heterocycles. The van der Waals surface area contributed by atoms with Crippen molar-refractivity contribution in [1.29, 1.82) is 0 Å². The van der Waals surface area contributed by atoms with Crippen molar-refractivity contribution in [3.05, 3.63) is 96.9 Å². The van der Waals surface area contributed by atoms with Gasteiger partial charge in [-0.05, 0) is 57.9 Å². The lowest BCUT2D eigenvalue weighted by Crippen LogP contribution is -2.17. The molecule has 39 heavy (non-hydrogen) atoms. The molecule has 4 N–H and O–H groups in total. The molecule has 0 aliphatic carbocycles. The molecule has 0 bridgehead atoms. The molecule has 7 rings (SSSR count). The van der Waals surface area contributed by atoms with Crippen LogP contribution in [0.2, 0.25) is 0 Å². The molecule has 0 saturated carbocycles. The molecule has 0 radical (unpaired) electrons. The molecule has 0 unspecified atom stereocenters. The van der Waals surface area contributed by atoms with Crippen LogP contribution in [0, 0.1) is 5.41 Å². The quantitative estimate of drug-likeness (QED) is 0.192. The summed E-state index contributed by atoms with van der Waals surface area (Å²) in [6.45, 7) is 10.6. The SMILES string of the molecule is C=C1CN[C@H](c2ncc(-c3ccc(-c4ccc5cc(-c6cnc([C@@H]7CC(C)(C)CN7)[nH]6)ccc5c4)cc3)[nH]2)C1. The standard InChI is InChI=1S/C33H34N6/c1-20-12-27(34-16-20)31-35-17-29(38-31)22-6-4-21(5-7-22)23-8-9-25-14-26(11-10-24(25)13-23)30-18-36-32(39-30)28-15-33(2,3)19-37-28/h4-11,13-14,17-18,27-28,34,37H,1,12,15-16,19H2,2-3H3,(H,35,38)(H,36,39)/t27-,28-/m0/s1. The van der Waals surface area contributed by atoms with E-state index in [1.54, 1.807) is 0 Å². The van der Waals surface area contributed by atoms with Crippen molar-refractivity contribution in [1.82, 2.24) is 30.6 Å². The van der Waals surface area contributed by atoms with Crippen LogP contribution >= 0.6 is 0 Å². The van der Waals surface area contributed by atoms with Gasteiger partial charge in [-0.15, -0.1) is 0 Å². The van der Waals surface area contributed by atoms with E-state index in [2.05, 4.69) is 107 Å². The summed E-state index contributed by atoms with van der Waals surface area (Å²) in [6, 6.07) is 22.5. The zero-order chi connectivity index (χ0) is 26.6. The molecule has 2 atom stereocenters. The van der Waals surface area contributed by atoms with Crippen molar-refractivity contribution >= 4 is 10.8 Å². The number of aromatic amines is 2. The monoisotopic (exact) mass is 514 g/mol. The lowest BCUT2D eigenvalue weighted by molar-refractivity contribution is 0.401. The van der Waals surface area contributed by atoms with E-state index in [-0.39, 0.29) is 6.04 Å². The molecule has 6 nitrogen and oxygen atoms in total. The van der Waals surface area contributed by atoms with Crippen molar-refractivity contribution in [3.8, 4) is 33.6 Å². The largest absolute Gasteiger partial charge is 0.341 e. The average molecular weight is 515 g/mol. The summed E-state index contributed by atoms with van der Waals surface area (Å²) >= 11 is 0. The first-order valence-electron chi connectivity index (χ1n) is 13.8. The second-order valence-corrected chi connectivity index (χ2v) is 11.9. The number of nitrogens with one attached hydrogen (secondary N) is 4. The van der Waals surface area contributed by atoms with Gasteiger partial charge in [0.1, 0.15) is 11.6 Å². The summed E-state index contributed by atoms with van der Waals surface area (Å²) in [4.78, 5) is 16.4. The van der Waals surface area contributed by atoms with Crippen LogP contribution in [0.5, 0.6) is 0 Å². The summed E-state index contributed by atoms with van der Waals surface area (Å²) in [7, 11) is 0. The van der Waals surface area contributed by atoms with Gasteiger partial charge in [0.05, 0.1) is 35.9 Å². The van der Waals surface area contributed by atoms with E-state index in [4.69, 9.17) is 4.98 Å². The summed E-state index contributed by atoms with van der Waals surface area (Å²) in [5.74, 6) is 2.01. The predicted octanol–water partition coefficient (Wildman–Crippen LogP) is 6.94. The van der Waals surface area contributed by atoms with Crippen LogP contribution in [0.15, 0.2) is 85.2 Å². The molecule has 2 aliphatic heterocycles. The molecular weight excluding hydrogens is 480 g/mol. The molecule has 196 valence electrons. The van der Waals surface area contributed by atoms with E-state index in [1.807, 2.05) is 12.4 Å². The Balaban J connectivity index is 1.09. The first kappa shape index (κ1) is 24.1. The van der Waals surface area contributed by atoms with Gasteiger partial charge in [0, 0.05) is 18.7 Å². The van der Waals surface area contributed by atoms with Gasteiger partial charge in [-0.25, -0.2) is 9.97 Å². The minimum Gasteiger partial charge on any atom is -0.341 e. The number of aromatic nitrogens is 4. The Labute approximate surface area is 229 Å². The van der Waals surface area contributed by atoms with Crippen LogP contribution in [0.1, 0.15) is 50.4 Å². The van der Waals surface area contributed by atoms with Crippen molar-refractivity contribution in [2.75, 3.05) is 13.1 Å². The van der Waals surface area contributed by atoms with E-state index < -0.39 is 0 Å². The lowest BCUT2D eigenvalue weighted by atomic mass is 9.90. The number of nitrogens with zero attached hydrogens (tertiary/aromatic N) is 2. The highest BCUT2D eigenvalue weighted by atomic mass is 15.1. The van der Waals surface area contributed by atoms with Gasteiger partial charge in [-0.2, -0.15) is 0 Å². The van der Waals surface area contributed by atoms with Crippen molar-refractivity contribution in [3.63, 3.8) is 0 Å². The Bertz CT molecular complexity index is 1670. The fourth-order valence-corrected chi connectivity index (χ4v) is 5.94.